The average Bonchev–Trinajstić information content (AvgIpc) is 2.61. The molecule has 0 aliphatic heterocycles. The Morgan fingerprint density at radius 2 is 1.69 bits per heavy atom. The third kappa shape index (κ3) is 2.97. The fourth-order valence-corrected chi connectivity index (χ4v) is 9.13. The SMILES string of the molecule is CC(=O)O[C@@H]1C[C@H]2[C@@](C)(CC[C@H]3C(C)(C)CCC[C@]23C)[C@@H]2CC=C(C=O)C[C@]21C. The van der Waals surface area contributed by atoms with Crippen molar-refractivity contribution in [3.8, 4) is 0 Å². The van der Waals surface area contributed by atoms with Gasteiger partial charge in [0.15, 0.2) is 0 Å². The second-order valence-corrected chi connectivity index (χ2v) is 12.2. The fraction of sp³-hybridized carbons (Fsp3) is 0.846. The van der Waals surface area contributed by atoms with Gasteiger partial charge in [-0.25, -0.2) is 0 Å². The molecule has 0 aromatic heterocycles. The highest BCUT2D eigenvalue weighted by atomic mass is 16.5. The van der Waals surface area contributed by atoms with Crippen LogP contribution >= 0.6 is 0 Å². The van der Waals surface area contributed by atoms with Crippen LogP contribution in [0.5, 0.6) is 0 Å². The zero-order valence-electron chi connectivity index (χ0n) is 19.3. The molecule has 7 atom stereocenters. The minimum absolute atomic E-state index is 0.0904. The van der Waals surface area contributed by atoms with Crippen molar-refractivity contribution in [3.63, 3.8) is 0 Å². The molecule has 4 aliphatic rings. The van der Waals surface area contributed by atoms with Gasteiger partial charge < -0.3 is 4.74 Å². The van der Waals surface area contributed by atoms with Gasteiger partial charge in [-0.15, -0.1) is 0 Å². The summed E-state index contributed by atoms with van der Waals surface area (Å²) in [6, 6.07) is 0. The van der Waals surface area contributed by atoms with Crippen LogP contribution in [0.25, 0.3) is 0 Å². The molecule has 4 aliphatic carbocycles. The number of esters is 1. The number of rotatable bonds is 2. The second kappa shape index (κ2) is 6.69. The Morgan fingerprint density at radius 1 is 1.00 bits per heavy atom. The summed E-state index contributed by atoms with van der Waals surface area (Å²) >= 11 is 0. The molecular weight excluding hydrogens is 360 g/mol. The number of carbonyl (C=O) groups is 2. The van der Waals surface area contributed by atoms with E-state index in [4.69, 9.17) is 4.74 Å². The van der Waals surface area contributed by atoms with Gasteiger partial charge >= 0.3 is 5.97 Å². The van der Waals surface area contributed by atoms with Crippen molar-refractivity contribution in [3.05, 3.63) is 11.6 Å². The van der Waals surface area contributed by atoms with Crippen LogP contribution in [0.1, 0.15) is 92.9 Å². The summed E-state index contributed by atoms with van der Waals surface area (Å²) in [4.78, 5) is 23.7. The molecule has 3 nitrogen and oxygen atoms in total. The maximum atomic E-state index is 12.1. The second-order valence-electron chi connectivity index (χ2n) is 12.2. The molecule has 3 saturated carbocycles. The Labute approximate surface area is 177 Å². The first-order valence-electron chi connectivity index (χ1n) is 11.8. The quantitative estimate of drug-likeness (QED) is 0.415. The van der Waals surface area contributed by atoms with Gasteiger partial charge in [-0.3, -0.25) is 9.59 Å². The van der Waals surface area contributed by atoms with Gasteiger partial charge in [0.2, 0.25) is 0 Å². The van der Waals surface area contributed by atoms with Gasteiger partial charge in [-0.2, -0.15) is 0 Å². The predicted octanol–water partition coefficient (Wildman–Crippen LogP) is 6.11. The smallest absolute Gasteiger partial charge is 0.302 e. The normalized spacial score (nSPS) is 48.4. The third-order valence-electron chi connectivity index (χ3n) is 10.3. The highest BCUT2D eigenvalue weighted by Crippen LogP contribution is 2.72. The van der Waals surface area contributed by atoms with E-state index in [9.17, 15) is 9.59 Å². The molecule has 4 rings (SSSR count). The van der Waals surface area contributed by atoms with Gasteiger partial charge in [0, 0.05) is 12.3 Å². The van der Waals surface area contributed by atoms with Crippen LogP contribution in [0, 0.1) is 39.4 Å². The van der Waals surface area contributed by atoms with Gasteiger partial charge in [-0.05, 0) is 84.5 Å². The van der Waals surface area contributed by atoms with Crippen molar-refractivity contribution >= 4 is 12.3 Å². The zero-order valence-corrected chi connectivity index (χ0v) is 19.3. The Kier molecular flexibility index (Phi) is 4.87. The molecule has 0 bridgehead atoms. The summed E-state index contributed by atoms with van der Waals surface area (Å²) in [6.07, 6.45) is 12.3. The lowest BCUT2D eigenvalue weighted by atomic mass is 9.35. The van der Waals surface area contributed by atoms with Crippen molar-refractivity contribution in [2.75, 3.05) is 0 Å². The standard InChI is InChI=1S/C26H40O3/c1-17(28)29-22-14-21-24(4)12-7-11-23(2,3)19(24)10-13-25(21,5)20-9-8-18(16-27)15-26(20,22)6/h8,16,19-22H,7,9-15H2,1-6H3/t19-,20-,21+,22+,24-,25-,26+/m0/s1. The monoisotopic (exact) mass is 400 g/mol. The summed E-state index contributed by atoms with van der Waals surface area (Å²) in [5.41, 5.74) is 1.69. The lowest BCUT2D eigenvalue weighted by molar-refractivity contribution is -0.231. The molecule has 3 heteroatoms. The van der Waals surface area contributed by atoms with Crippen LogP contribution in [0.15, 0.2) is 11.6 Å². The van der Waals surface area contributed by atoms with Crippen molar-refractivity contribution in [1.82, 2.24) is 0 Å². The van der Waals surface area contributed by atoms with E-state index < -0.39 is 0 Å². The number of hydrogen-bond donors (Lipinski definition) is 0. The number of ether oxygens (including phenoxy) is 1. The van der Waals surface area contributed by atoms with Crippen LogP contribution in [0.3, 0.4) is 0 Å². The number of fused-ring (bicyclic) bond motifs is 5. The number of aldehydes is 1. The topological polar surface area (TPSA) is 43.4 Å². The van der Waals surface area contributed by atoms with Gasteiger partial charge in [0.05, 0.1) is 0 Å². The van der Waals surface area contributed by atoms with E-state index in [0.29, 0.717) is 22.7 Å². The molecule has 0 aromatic carbocycles. The molecule has 162 valence electrons. The molecule has 0 amide bonds. The van der Waals surface area contributed by atoms with Crippen molar-refractivity contribution < 1.29 is 14.3 Å². The maximum Gasteiger partial charge on any atom is 0.302 e. The van der Waals surface area contributed by atoms with Crippen molar-refractivity contribution in [1.29, 1.82) is 0 Å². The average molecular weight is 401 g/mol. The van der Waals surface area contributed by atoms with E-state index in [1.807, 2.05) is 0 Å². The Balaban J connectivity index is 1.80. The summed E-state index contributed by atoms with van der Waals surface area (Å²) in [7, 11) is 0. The van der Waals surface area contributed by atoms with Crippen LogP contribution in [-0.4, -0.2) is 18.4 Å². The minimum Gasteiger partial charge on any atom is -0.462 e. The number of carbonyl (C=O) groups excluding carboxylic acids is 2. The molecule has 0 spiro atoms. The highest BCUT2D eigenvalue weighted by molar-refractivity contribution is 5.74. The predicted molar refractivity (Wildman–Crippen MR) is 115 cm³/mol. The largest absolute Gasteiger partial charge is 0.462 e. The molecule has 0 aromatic rings. The molecule has 3 fully saturated rings. The summed E-state index contributed by atoms with van der Waals surface area (Å²) in [5, 5.41) is 0. The summed E-state index contributed by atoms with van der Waals surface area (Å²) < 4.78 is 6.05. The number of hydrogen-bond acceptors (Lipinski definition) is 3. The third-order valence-corrected chi connectivity index (χ3v) is 10.3. The Hall–Kier alpha value is -1.12. The van der Waals surface area contributed by atoms with Crippen LogP contribution < -0.4 is 0 Å². The molecule has 0 unspecified atom stereocenters. The van der Waals surface area contributed by atoms with Crippen molar-refractivity contribution in [2.24, 2.45) is 39.4 Å². The Bertz CT molecular complexity index is 736. The highest BCUT2D eigenvalue weighted by Gasteiger charge is 2.67. The maximum absolute atomic E-state index is 12.1. The number of allylic oxidation sites excluding steroid dienone is 2. The fourth-order valence-electron chi connectivity index (χ4n) is 9.13. The van der Waals surface area contributed by atoms with E-state index in [1.165, 1.54) is 32.1 Å². The molecular formula is C26H40O3. The van der Waals surface area contributed by atoms with Crippen LogP contribution in [0.2, 0.25) is 0 Å². The van der Waals surface area contributed by atoms with E-state index in [-0.39, 0.29) is 22.9 Å². The van der Waals surface area contributed by atoms with Gasteiger partial charge in [0.1, 0.15) is 12.4 Å². The van der Waals surface area contributed by atoms with Gasteiger partial charge in [0.25, 0.3) is 0 Å². The first-order valence-corrected chi connectivity index (χ1v) is 11.8. The van der Waals surface area contributed by atoms with Crippen LogP contribution in [-0.2, 0) is 14.3 Å². The lowest BCUT2D eigenvalue weighted by Gasteiger charge is -2.70. The minimum atomic E-state index is -0.178. The molecule has 0 N–H and O–H groups in total. The van der Waals surface area contributed by atoms with E-state index in [1.54, 1.807) is 6.92 Å². The molecule has 0 heterocycles. The summed E-state index contributed by atoms with van der Waals surface area (Å²) in [5.74, 6) is 1.60. The van der Waals surface area contributed by atoms with Crippen molar-refractivity contribution in [2.45, 2.75) is 99.0 Å². The van der Waals surface area contributed by atoms with E-state index in [0.717, 1.165) is 37.0 Å². The van der Waals surface area contributed by atoms with E-state index in [2.05, 4.69) is 40.7 Å². The van der Waals surface area contributed by atoms with Gasteiger partial charge in [-0.1, -0.05) is 47.1 Å². The Morgan fingerprint density at radius 3 is 2.34 bits per heavy atom. The molecule has 0 radical (unpaired) electrons. The molecule has 29 heavy (non-hydrogen) atoms. The van der Waals surface area contributed by atoms with E-state index >= 15 is 0 Å². The summed E-state index contributed by atoms with van der Waals surface area (Å²) in [6.45, 7) is 13.9. The zero-order chi connectivity index (χ0) is 21.2. The first-order chi connectivity index (χ1) is 13.5. The lowest BCUT2D eigenvalue weighted by Crippen LogP contribution is -2.65. The molecule has 0 saturated heterocycles. The van der Waals surface area contributed by atoms with Crippen LogP contribution in [0.4, 0.5) is 0 Å². The first kappa shape index (κ1) is 21.1.